The van der Waals surface area contributed by atoms with Crippen LogP contribution >= 0.6 is 0 Å². The first kappa shape index (κ1) is 16.7. The molecule has 3 rings (SSSR count). The molecule has 1 aliphatic carbocycles. The van der Waals surface area contributed by atoms with Crippen molar-refractivity contribution in [3.8, 4) is 11.5 Å². The Morgan fingerprint density at radius 2 is 2.17 bits per heavy atom. The fraction of sp³-hybridized carbons (Fsp3) is 0.526. The topological polar surface area (TPSA) is 48.0 Å². The monoisotopic (exact) mass is 331 g/mol. The van der Waals surface area contributed by atoms with E-state index in [1.54, 1.807) is 7.11 Å². The molecular formula is C19H25NO4. The molecule has 0 fully saturated rings. The summed E-state index contributed by atoms with van der Waals surface area (Å²) in [6.07, 6.45) is 5.58. The van der Waals surface area contributed by atoms with Gasteiger partial charge in [0.25, 0.3) is 0 Å². The van der Waals surface area contributed by atoms with Gasteiger partial charge in [0.1, 0.15) is 12.2 Å². The van der Waals surface area contributed by atoms with E-state index in [0.29, 0.717) is 6.42 Å². The first-order chi connectivity index (χ1) is 11.5. The van der Waals surface area contributed by atoms with E-state index in [9.17, 15) is 4.79 Å². The number of fused-ring (bicyclic) bond motifs is 3. The second-order valence-electron chi connectivity index (χ2n) is 6.40. The third kappa shape index (κ3) is 2.95. The Labute approximate surface area is 143 Å². The molecule has 2 aliphatic rings. The summed E-state index contributed by atoms with van der Waals surface area (Å²) < 4.78 is 17.0. The lowest BCUT2D eigenvalue weighted by Crippen LogP contribution is -2.30. The molecule has 0 saturated heterocycles. The molecule has 5 heteroatoms. The Hall–Kier alpha value is -2.17. The predicted molar refractivity (Wildman–Crippen MR) is 93.0 cm³/mol. The molecule has 0 N–H and O–H groups in total. The normalized spacial score (nSPS) is 23.9. The van der Waals surface area contributed by atoms with E-state index in [0.717, 1.165) is 24.5 Å². The van der Waals surface area contributed by atoms with Gasteiger partial charge in [-0.25, -0.2) is 0 Å². The van der Waals surface area contributed by atoms with Crippen molar-refractivity contribution >= 4 is 11.7 Å². The number of hydrogen-bond acceptors (Lipinski definition) is 5. The fourth-order valence-corrected chi connectivity index (χ4v) is 3.64. The second-order valence-corrected chi connectivity index (χ2v) is 6.40. The van der Waals surface area contributed by atoms with Crippen LogP contribution < -0.4 is 14.4 Å². The first-order valence-corrected chi connectivity index (χ1v) is 8.49. The zero-order valence-corrected chi connectivity index (χ0v) is 14.7. The van der Waals surface area contributed by atoms with Gasteiger partial charge in [-0.3, -0.25) is 4.79 Å². The lowest BCUT2D eigenvalue weighted by atomic mass is 9.86. The van der Waals surface area contributed by atoms with E-state index in [4.69, 9.17) is 14.2 Å². The number of benzene rings is 1. The number of carbonyl (C=O) groups is 1. The maximum Gasteiger partial charge on any atom is 0.303 e. The highest BCUT2D eigenvalue weighted by Gasteiger charge is 2.41. The SMILES string of the molecule is CCCN(C)c1ccc(OC)c2c1[C@@H]1C=C[C@H](OC(C)=O)C[C@@H]1O2. The standard InChI is InChI=1S/C19H25NO4/c1-5-10-20(3)15-8-9-16(22-4)19-18(15)14-7-6-13(23-12(2)21)11-17(14)24-19/h6-9,13-14,17H,5,10-11H2,1-4H3/t13-,14+,17-/m0/s1. The van der Waals surface area contributed by atoms with Crippen LogP contribution in [-0.2, 0) is 9.53 Å². The van der Waals surface area contributed by atoms with Crippen molar-refractivity contribution in [1.29, 1.82) is 0 Å². The molecule has 1 heterocycles. The number of rotatable bonds is 5. The minimum atomic E-state index is -0.264. The van der Waals surface area contributed by atoms with E-state index >= 15 is 0 Å². The second kappa shape index (κ2) is 6.75. The van der Waals surface area contributed by atoms with Crippen LogP contribution in [0.2, 0.25) is 0 Å². The molecule has 0 spiro atoms. The molecule has 1 aliphatic heterocycles. The molecule has 24 heavy (non-hydrogen) atoms. The number of hydrogen-bond donors (Lipinski definition) is 0. The molecule has 1 aromatic rings. The van der Waals surface area contributed by atoms with Gasteiger partial charge < -0.3 is 19.1 Å². The number of esters is 1. The summed E-state index contributed by atoms with van der Waals surface area (Å²) in [7, 11) is 3.76. The quantitative estimate of drug-likeness (QED) is 0.612. The highest BCUT2D eigenvalue weighted by atomic mass is 16.5. The summed E-state index contributed by atoms with van der Waals surface area (Å²) in [6.45, 7) is 4.59. The molecular weight excluding hydrogens is 306 g/mol. The number of nitrogens with zero attached hydrogens (tertiary/aromatic N) is 1. The molecule has 3 atom stereocenters. The largest absolute Gasteiger partial charge is 0.493 e. The Balaban J connectivity index is 1.96. The molecule has 0 amide bonds. The molecule has 5 nitrogen and oxygen atoms in total. The van der Waals surface area contributed by atoms with Gasteiger partial charge in [0.05, 0.1) is 7.11 Å². The smallest absolute Gasteiger partial charge is 0.303 e. The molecule has 0 saturated carbocycles. The van der Waals surface area contributed by atoms with Gasteiger partial charge in [-0.15, -0.1) is 0 Å². The molecule has 130 valence electrons. The molecule has 0 bridgehead atoms. The van der Waals surface area contributed by atoms with Crippen molar-refractivity contribution in [2.24, 2.45) is 0 Å². The van der Waals surface area contributed by atoms with Crippen LogP contribution in [0.15, 0.2) is 24.3 Å². The van der Waals surface area contributed by atoms with E-state index in [-0.39, 0.29) is 24.1 Å². The lowest BCUT2D eigenvalue weighted by Gasteiger charge is -2.27. The van der Waals surface area contributed by atoms with Crippen molar-refractivity contribution in [1.82, 2.24) is 0 Å². The zero-order valence-electron chi connectivity index (χ0n) is 14.7. The summed E-state index contributed by atoms with van der Waals surface area (Å²) in [4.78, 5) is 13.5. The van der Waals surface area contributed by atoms with Crippen molar-refractivity contribution in [3.05, 3.63) is 29.8 Å². The molecule has 1 aromatic carbocycles. The maximum absolute atomic E-state index is 11.2. The predicted octanol–water partition coefficient (Wildman–Crippen LogP) is 3.28. The van der Waals surface area contributed by atoms with Crippen LogP contribution in [0.5, 0.6) is 11.5 Å². The van der Waals surface area contributed by atoms with E-state index in [2.05, 4.69) is 31.0 Å². The number of ether oxygens (including phenoxy) is 3. The number of anilines is 1. The van der Waals surface area contributed by atoms with Gasteiger partial charge in [-0.1, -0.05) is 13.0 Å². The Kier molecular flexibility index (Phi) is 4.69. The highest BCUT2D eigenvalue weighted by Crippen LogP contribution is 2.51. The lowest BCUT2D eigenvalue weighted by molar-refractivity contribution is -0.145. The average molecular weight is 331 g/mol. The summed E-state index contributed by atoms with van der Waals surface area (Å²) in [5, 5.41) is 0. The maximum atomic E-state index is 11.2. The molecule has 0 aromatic heterocycles. The third-order valence-corrected chi connectivity index (χ3v) is 4.65. The molecule has 0 unspecified atom stereocenters. The van der Waals surface area contributed by atoms with Crippen molar-refractivity contribution in [3.63, 3.8) is 0 Å². The van der Waals surface area contributed by atoms with Crippen LogP contribution in [0.1, 0.15) is 38.2 Å². The van der Waals surface area contributed by atoms with Gasteiger partial charge >= 0.3 is 5.97 Å². The summed E-state index contributed by atoms with van der Waals surface area (Å²) in [5.41, 5.74) is 2.35. The highest BCUT2D eigenvalue weighted by molar-refractivity contribution is 5.69. The third-order valence-electron chi connectivity index (χ3n) is 4.65. The Morgan fingerprint density at radius 1 is 1.38 bits per heavy atom. The van der Waals surface area contributed by atoms with E-state index in [1.165, 1.54) is 18.2 Å². The van der Waals surface area contributed by atoms with Crippen LogP contribution in [0, 0.1) is 0 Å². The fourth-order valence-electron chi connectivity index (χ4n) is 3.64. The summed E-state index contributed by atoms with van der Waals surface area (Å²) in [6, 6.07) is 4.07. The number of methoxy groups -OCH3 is 1. The Morgan fingerprint density at radius 3 is 2.83 bits per heavy atom. The van der Waals surface area contributed by atoms with Crippen LogP contribution in [0.4, 0.5) is 5.69 Å². The minimum absolute atomic E-state index is 0.0283. The van der Waals surface area contributed by atoms with Crippen LogP contribution in [0.25, 0.3) is 0 Å². The van der Waals surface area contributed by atoms with Gasteiger partial charge in [0.15, 0.2) is 11.5 Å². The Bertz CT molecular complexity index is 655. The average Bonchev–Trinajstić information content (AvgIpc) is 2.92. The molecule has 0 radical (unpaired) electrons. The van der Waals surface area contributed by atoms with Gasteiger partial charge in [-0.05, 0) is 24.6 Å². The van der Waals surface area contributed by atoms with Crippen LogP contribution in [-0.4, -0.2) is 38.9 Å². The van der Waals surface area contributed by atoms with Gasteiger partial charge in [0.2, 0.25) is 0 Å². The van der Waals surface area contributed by atoms with E-state index < -0.39 is 0 Å². The summed E-state index contributed by atoms with van der Waals surface area (Å²) in [5.74, 6) is 1.47. The van der Waals surface area contributed by atoms with Crippen molar-refractivity contribution in [2.45, 2.75) is 44.8 Å². The van der Waals surface area contributed by atoms with Gasteiger partial charge in [0, 0.05) is 44.1 Å². The van der Waals surface area contributed by atoms with E-state index in [1.807, 2.05) is 12.1 Å². The summed E-state index contributed by atoms with van der Waals surface area (Å²) >= 11 is 0. The number of carbonyl (C=O) groups excluding carboxylic acids is 1. The van der Waals surface area contributed by atoms with Crippen LogP contribution in [0.3, 0.4) is 0 Å². The first-order valence-electron chi connectivity index (χ1n) is 8.49. The minimum Gasteiger partial charge on any atom is -0.493 e. The zero-order chi connectivity index (χ0) is 17.3. The van der Waals surface area contributed by atoms with Crippen molar-refractivity contribution < 1.29 is 19.0 Å². The van der Waals surface area contributed by atoms with Gasteiger partial charge in [-0.2, -0.15) is 0 Å². The van der Waals surface area contributed by atoms with Crippen molar-refractivity contribution in [2.75, 3.05) is 25.6 Å².